The number of allylic oxidation sites excluding steroid dienone is 1. The van der Waals surface area contributed by atoms with Crippen LogP contribution in [0.2, 0.25) is 5.02 Å². The van der Waals surface area contributed by atoms with E-state index in [4.69, 9.17) is 21.1 Å². The van der Waals surface area contributed by atoms with E-state index in [0.29, 0.717) is 21.9 Å². The quantitative estimate of drug-likeness (QED) is 0.581. The lowest BCUT2D eigenvalue weighted by Crippen LogP contribution is -2.38. The summed E-state index contributed by atoms with van der Waals surface area (Å²) in [5, 5.41) is 0.579. The van der Waals surface area contributed by atoms with Gasteiger partial charge in [-0.2, -0.15) is 0 Å². The fraction of sp³-hybridized carbons (Fsp3) is 0.320. The van der Waals surface area contributed by atoms with Gasteiger partial charge in [0.2, 0.25) is 5.91 Å². The summed E-state index contributed by atoms with van der Waals surface area (Å²) in [6, 6.07) is 14.0. The zero-order valence-corrected chi connectivity index (χ0v) is 19.3. The topological polar surface area (TPSA) is 72.9 Å². The first kappa shape index (κ1) is 23.5. The third-order valence-electron chi connectivity index (χ3n) is 5.35. The lowest BCUT2D eigenvalue weighted by molar-refractivity contribution is -0.143. The van der Waals surface area contributed by atoms with Crippen LogP contribution >= 0.6 is 11.6 Å². The molecule has 3 rings (SSSR count). The highest BCUT2D eigenvalue weighted by molar-refractivity contribution is 6.30. The van der Waals surface area contributed by atoms with Crippen molar-refractivity contribution in [2.24, 2.45) is 0 Å². The van der Waals surface area contributed by atoms with E-state index >= 15 is 0 Å². The number of nitrogens with zero attached hydrogens (tertiary/aromatic N) is 1. The smallest absolute Gasteiger partial charge is 0.337 e. The van der Waals surface area contributed by atoms with Crippen LogP contribution in [0.25, 0.3) is 0 Å². The summed E-state index contributed by atoms with van der Waals surface area (Å²) in [5.41, 5.74) is 2.96. The van der Waals surface area contributed by atoms with Gasteiger partial charge in [-0.1, -0.05) is 35.9 Å². The molecule has 2 aromatic carbocycles. The van der Waals surface area contributed by atoms with Crippen molar-refractivity contribution in [2.75, 3.05) is 7.11 Å². The van der Waals surface area contributed by atoms with Gasteiger partial charge < -0.3 is 14.4 Å². The number of carbonyl (C=O) groups is 3. The van der Waals surface area contributed by atoms with Crippen LogP contribution in [0.3, 0.4) is 0 Å². The average molecular weight is 456 g/mol. The molecule has 0 aliphatic carbocycles. The number of ether oxygens (including phenoxy) is 2. The molecule has 1 heterocycles. The number of methoxy groups -OCH3 is 1. The van der Waals surface area contributed by atoms with E-state index in [-0.39, 0.29) is 25.0 Å². The van der Waals surface area contributed by atoms with Gasteiger partial charge in [0.15, 0.2) is 0 Å². The van der Waals surface area contributed by atoms with Gasteiger partial charge in [0.25, 0.3) is 0 Å². The molecule has 32 heavy (non-hydrogen) atoms. The molecule has 0 N–H and O–H groups in total. The summed E-state index contributed by atoms with van der Waals surface area (Å²) in [6.07, 6.45) is -0.172. The maximum absolute atomic E-state index is 13.1. The van der Waals surface area contributed by atoms with Crippen molar-refractivity contribution < 1.29 is 23.9 Å². The Hall–Kier alpha value is -3.12. The van der Waals surface area contributed by atoms with Crippen LogP contribution in [0.1, 0.15) is 54.6 Å². The van der Waals surface area contributed by atoms with E-state index in [1.165, 1.54) is 7.11 Å². The van der Waals surface area contributed by atoms with Crippen molar-refractivity contribution in [1.29, 1.82) is 0 Å². The Morgan fingerprint density at radius 2 is 1.81 bits per heavy atom. The van der Waals surface area contributed by atoms with Gasteiger partial charge in [0, 0.05) is 23.1 Å². The molecule has 1 aliphatic rings. The highest BCUT2D eigenvalue weighted by Crippen LogP contribution is 2.38. The Kier molecular flexibility index (Phi) is 7.36. The molecule has 168 valence electrons. The summed E-state index contributed by atoms with van der Waals surface area (Å²) in [7, 11) is 1.32. The number of amides is 1. The first-order valence-corrected chi connectivity index (χ1v) is 10.7. The van der Waals surface area contributed by atoms with Crippen LogP contribution in [0.4, 0.5) is 0 Å². The largest absolute Gasteiger partial charge is 0.465 e. The van der Waals surface area contributed by atoms with Gasteiger partial charge in [-0.25, -0.2) is 9.59 Å². The van der Waals surface area contributed by atoms with Crippen molar-refractivity contribution in [3.05, 3.63) is 81.5 Å². The fourth-order valence-electron chi connectivity index (χ4n) is 3.82. The molecule has 0 saturated carbocycles. The lowest BCUT2D eigenvalue weighted by Gasteiger charge is -2.35. The molecule has 1 atom stereocenters. The SMILES string of the molecule is COC(=O)c1cccc(CN2C(=O)CC(c3ccc(Cl)cc3)C(C(=O)OC(C)C)=C2C)c1. The minimum Gasteiger partial charge on any atom is -0.465 e. The fourth-order valence-corrected chi connectivity index (χ4v) is 3.95. The highest BCUT2D eigenvalue weighted by atomic mass is 35.5. The molecule has 1 amide bonds. The van der Waals surface area contributed by atoms with Gasteiger partial charge in [0.05, 0.1) is 30.9 Å². The second-order valence-electron chi connectivity index (χ2n) is 7.93. The predicted molar refractivity (Wildman–Crippen MR) is 121 cm³/mol. The molecule has 0 aromatic heterocycles. The van der Waals surface area contributed by atoms with Crippen molar-refractivity contribution in [3.8, 4) is 0 Å². The van der Waals surface area contributed by atoms with Gasteiger partial charge in [-0.3, -0.25) is 4.79 Å². The molecule has 0 spiro atoms. The zero-order valence-electron chi connectivity index (χ0n) is 18.6. The minimum atomic E-state index is -0.451. The summed E-state index contributed by atoms with van der Waals surface area (Å²) >= 11 is 6.02. The summed E-state index contributed by atoms with van der Waals surface area (Å²) in [5.74, 6) is -1.44. The average Bonchev–Trinajstić information content (AvgIpc) is 2.75. The Bertz CT molecular complexity index is 1060. The third kappa shape index (κ3) is 5.19. The molecule has 1 unspecified atom stereocenters. The van der Waals surface area contributed by atoms with Crippen molar-refractivity contribution in [2.45, 2.75) is 45.8 Å². The maximum Gasteiger partial charge on any atom is 0.337 e. The van der Waals surface area contributed by atoms with Crippen molar-refractivity contribution in [3.63, 3.8) is 0 Å². The zero-order chi connectivity index (χ0) is 23.4. The van der Waals surface area contributed by atoms with E-state index in [1.54, 1.807) is 56.0 Å². The van der Waals surface area contributed by atoms with Crippen LogP contribution in [0.15, 0.2) is 59.8 Å². The molecule has 1 aliphatic heterocycles. The first-order chi connectivity index (χ1) is 15.2. The monoisotopic (exact) mass is 455 g/mol. The Morgan fingerprint density at radius 3 is 2.44 bits per heavy atom. The molecule has 0 bridgehead atoms. The third-order valence-corrected chi connectivity index (χ3v) is 5.60. The Balaban J connectivity index is 2.01. The van der Waals surface area contributed by atoms with E-state index < -0.39 is 17.9 Å². The number of halogens is 1. The second kappa shape index (κ2) is 10.0. The Labute approximate surface area is 192 Å². The Morgan fingerprint density at radius 1 is 1.12 bits per heavy atom. The molecular weight excluding hydrogens is 430 g/mol. The summed E-state index contributed by atoms with van der Waals surface area (Å²) in [6.45, 7) is 5.55. The number of rotatable bonds is 6. The maximum atomic E-state index is 13.1. The van der Waals surface area contributed by atoms with Crippen LogP contribution < -0.4 is 0 Å². The van der Waals surface area contributed by atoms with Crippen LogP contribution in [0.5, 0.6) is 0 Å². The molecule has 2 aromatic rings. The summed E-state index contributed by atoms with van der Waals surface area (Å²) in [4.78, 5) is 39.6. The van der Waals surface area contributed by atoms with E-state index in [1.807, 2.05) is 18.2 Å². The predicted octanol–water partition coefficient (Wildman–Crippen LogP) is 4.87. The van der Waals surface area contributed by atoms with Crippen LogP contribution in [0, 0.1) is 0 Å². The molecule has 7 heteroatoms. The van der Waals surface area contributed by atoms with Gasteiger partial charge in [-0.15, -0.1) is 0 Å². The number of hydrogen-bond donors (Lipinski definition) is 0. The number of benzene rings is 2. The lowest BCUT2D eigenvalue weighted by atomic mass is 9.83. The van der Waals surface area contributed by atoms with Crippen molar-refractivity contribution in [1.82, 2.24) is 4.90 Å². The molecule has 0 radical (unpaired) electrons. The van der Waals surface area contributed by atoms with E-state index in [0.717, 1.165) is 11.1 Å². The van der Waals surface area contributed by atoms with Gasteiger partial charge in [0.1, 0.15) is 0 Å². The number of carbonyl (C=O) groups excluding carboxylic acids is 3. The standard InChI is InChI=1S/C25H26ClNO5/c1-15(2)32-25(30)23-16(3)27(14-17-6-5-7-19(12-17)24(29)31-4)22(28)13-21(23)18-8-10-20(26)11-9-18/h5-12,15,21H,13-14H2,1-4H3. The van der Waals surface area contributed by atoms with Crippen LogP contribution in [-0.4, -0.2) is 36.0 Å². The second-order valence-corrected chi connectivity index (χ2v) is 8.37. The number of esters is 2. The molecule has 6 nitrogen and oxygen atoms in total. The van der Waals surface area contributed by atoms with Gasteiger partial charge in [-0.05, 0) is 56.2 Å². The first-order valence-electron chi connectivity index (χ1n) is 10.4. The highest BCUT2D eigenvalue weighted by Gasteiger charge is 2.37. The summed E-state index contributed by atoms with van der Waals surface area (Å²) < 4.78 is 10.3. The van der Waals surface area contributed by atoms with E-state index in [2.05, 4.69) is 0 Å². The number of hydrogen-bond acceptors (Lipinski definition) is 5. The van der Waals surface area contributed by atoms with Gasteiger partial charge >= 0.3 is 11.9 Å². The van der Waals surface area contributed by atoms with Crippen molar-refractivity contribution >= 4 is 29.4 Å². The molecule has 0 fully saturated rings. The molecule has 0 saturated heterocycles. The molecular formula is C25H26ClNO5. The van der Waals surface area contributed by atoms with Crippen LogP contribution in [-0.2, 0) is 25.6 Å². The van der Waals surface area contributed by atoms with E-state index in [9.17, 15) is 14.4 Å². The minimum absolute atomic E-state index is 0.119. The normalized spacial score (nSPS) is 16.4.